The van der Waals surface area contributed by atoms with Crippen LogP contribution in [0.1, 0.15) is 18.4 Å². The van der Waals surface area contributed by atoms with E-state index in [1.54, 1.807) is 12.1 Å². The van der Waals surface area contributed by atoms with Crippen molar-refractivity contribution in [3.63, 3.8) is 0 Å². The Morgan fingerprint density at radius 2 is 1.88 bits per heavy atom. The van der Waals surface area contributed by atoms with Crippen LogP contribution in [-0.4, -0.2) is 23.5 Å². The molecule has 0 unspecified atom stereocenters. The molecule has 1 N–H and O–H groups in total. The molecule has 0 aliphatic heterocycles. The fraction of sp³-hybridized carbons (Fsp3) is 0.385. The van der Waals surface area contributed by atoms with Crippen LogP contribution in [0.25, 0.3) is 0 Å². The molecule has 1 aliphatic carbocycles. The first-order chi connectivity index (χ1) is 8.08. The van der Waals surface area contributed by atoms with Crippen molar-refractivity contribution in [3.05, 3.63) is 29.8 Å². The number of benzene rings is 1. The van der Waals surface area contributed by atoms with Crippen LogP contribution in [0.4, 0.5) is 5.69 Å². The van der Waals surface area contributed by atoms with Crippen molar-refractivity contribution >= 4 is 17.6 Å². The lowest BCUT2D eigenvalue weighted by molar-refractivity contribution is -0.136. The van der Waals surface area contributed by atoms with Crippen molar-refractivity contribution < 1.29 is 14.7 Å². The Morgan fingerprint density at radius 1 is 1.29 bits per heavy atom. The Bertz CT molecular complexity index is 434. The number of aliphatic carboxylic acids is 1. The molecule has 1 fully saturated rings. The second-order valence-corrected chi connectivity index (χ2v) is 4.43. The minimum Gasteiger partial charge on any atom is -0.480 e. The van der Waals surface area contributed by atoms with E-state index in [1.807, 2.05) is 19.1 Å². The molecule has 4 heteroatoms. The van der Waals surface area contributed by atoms with Crippen LogP contribution in [0.3, 0.4) is 0 Å². The third-order valence-electron chi connectivity index (χ3n) is 2.83. The molecule has 0 radical (unpaired) electrons. The second kappa shape index (κ2) is 4.57. The average molecular weight is 233 g/mol. The first-order valence-electron chi connectivity index (χ1n) is 5.68. The van der Waals surface area contributed by atoms with Gasteiger partial charge in [-0.3, -0.25) is 9.59 Å². The van der Waals surface area contributed by atoms with E-state index >= 15 is 0 Å². The molecule has 17 heavy (non-hydrogen) atoms. The molecule has 0 aromatic heterocycles. The van der Waals surface area contributed by atoms with Crippen LogP contribution >= 0.6 is 0 Å². The van der Waals surface area contributed by atoms with Gasteiger partial charge < -0.3 is 10.0 Å². The SMILES string of the molecule is Cc1ccc(N(CC(=O)O)C(=O)C2CC2)cc1. The van der Waals surface area contributed by atoms with E-state index in [0.717, 1.165) is 18.4 Å². The molecule has 0 bridgehead atoms. The van der Waals surface area contributed by atoms with Gasteiger partial charge in [-0.1, -0.05) is 17.7 Å². The fourth-order valence-electron chi connectivity index (χ4n) is 1.71. The Labute approximate surface area is 99.9 Å². The van der Waals surface area contributed by atoms with Crippen molar-refractivity contribution in [2.24, 2.45) is 5.92 Å². The van der Waals surface area contributed by atoms with Gasteiger partial charge in [0, 0.05) is 11.6 Å². The summed E-state index contributed by atoms with van der Waals surface area (Å²) in [7, 11) is 0. The molecule has 2 rings (SSSR count). The molecular formula is C13H15NO3. The van der Waals surface area contributed by atoms with Gasteiger partial charge >= 0.3 is 5.97 Å². The number of hydrogen-bond acceptors (Lipinski definition) is 2. The first kappa shape index (κ1) is 11.6. The van der Waals surface area contributed by atoms with Crippen LogP contribution in [0, 0.1) is 12.8 Å². The third kappa shape index (κ3) is 2.84. The predicted molar refractivity (Wildman–Crippen MR) is 63.9 cm³/mol. The highest BCUT2D eigenvalue weighted by Crippen LogP contribution is 2.32. The molecular weight excluding hydrogens is 218 g/mol. The van der Waals surface area contributed by atoms with Crippen LogP contribution in [0.5, 0.6) is 0 Å². The molecule has 1 amide bonds. The highest BCUT2D eigenvalue weighted by Gasteiger charge is 2.34. The van der Waals surface area contributed by atoms with Crippen LogP contribution in [-0.2, 0) is 9.59 Å². The number of hydrogen-bond donors (Lipinski definition) is 1. The highest BCUT2D eigenvalue weighted by atomic mass is 16.4. The molecule has 1 aromatic carbocycles. The van der Waals surface area contributed by atoms with E-state index in [2.05, 4.69) is 0 Å². The number of aryl methyl sites for hydroxylation is 1. The number of anilines is 1. The second-order valence-electron chi connectivity index (χ2n) is 4.43. The smallest absolute Gasteiger partial charge is 0.323 e. The van der Waals surface area contributed by atoms with Crippen molar-refractivity contribution in [1.29, 1.82) is 0 Å². The lowest BCUT2D eigenvalue weighted by Gasteiger charge is -2.20. The quantitative estimate of drug-likeness (QED) is 0.863. The maximum Gasteiger partial charge on any atom is 0.323 e. The van der Waals surface area contributed by atoms with Crippen LogP contribution < -0.4 is 4.90 Å². The number of amides is 1. The number of carboxylic acid groups (broad SMARTS) is 1. The molecule has 90 valence electrons. The van der Waals surface area contributed by atoms with Crippen LogP contribution in [0.15, 0.2) is 24.3 Å². The van der Waals surface area contributed by atoms with Crippen LogP contribution in [0.2, 0.25) is 0 Å². The third-order valence-corrected chi connectivity index (χ3v) is 2.83. The zero-order valence-corrected chi connectivity index (χ0v) is 9.72. The van der Waals surface area contributed by atoms with Gasteiger partial charge in [-0.15, -0.1) is 0 Å². The lowest BCUT2D eigenvalue weighted by Crippen LogP contribution is -2.36. The summed E-state index contributed by atoms with van der Waals surface area (Å²) in [5.41, 5.74) is 1.75. The predicted octanol–water partition coefficient (Wildman–Crippen LogP) is 1.82. The summed E-state index contributed by atoms with van der Waals surface area (Å²) in [6, 6.07) is 7.34. The van der Waals surface area contributed by atoms with E-state index in [9.17, 15) is 9.59 Å². The Hall–Kier alpha value is -1.84. The summed E-state index contributed by atoms with van der Waals surface area (Å²) in [6.45, 7) is 1.69. The van der Waals surface area contributed by atoms with Crippen molar-refractivity contribution in [2.45, 2.75) is 19.8 Å². The van der Waals surface area contributed by atoms with Gasteiger partial charge in [0.2, 0.25) is 5.91 Å². The van der Waals surface area contributed by atoms with E-state index in [1.165, 1.54) is 4.90 Å². The van der Waals surface area contributed by atoms with Crippen molar-refractivity contribution in [2.75, 3.05) is 11.4 Å². The summed E-state index contributed by atoms with van der Waals surface area (Å²) in [4.78, 5) is 24.2. The van der Waals surface area contributed by atoms with E-state index < -0.39 is 5.97 Å². The summed E-state index contributed by atoms with van der Waals surface area (Å²) >= 11 is 0. The van der Waals surface area contributed by atoms with E-state index in [4.69, 9.17) is 5.11 Å². The largest absolute Gasteiger partial charge is 0.480 e. The van der Waals surface area contributed by atoms with Crippen molar-refractivity contribution in [3.8, 4) is 0 Å². The molecule has 0 atom stereocenters. The van der Waals surface area contributed by atoms with E-state index in [-0.39, 0.29) is 18.4 Å². The zero-order chi connectivity index (χ0) is 12.4. The number of carboxylic acids is 1. The van der Waals surface area contributed by atoms with Gasteiger partial charge in [-0.05, 0) is 31.9 Å². The topological polar surface area (TPSA) is 57.6 Å². The Morgan fingerprint density at radius 3 is 2.35 bits per heavy atom. The number of rotatable bonds is 4. The van der Waals surface area contributed by atoms with Gasteiger partial charge in [0.05, 0.1) is 0 Å². The van der Waals surface area contributed by atoms with Gasteiger partial charge in [-0.2, -0.15) is 0 Å². The lowest BCUT2D eigenvalue weighted by atomic mass is 10.2. The van der Waals surface area contributed by atoms with Gasteiger partial charge in [-0.25, -0.2) is 0 Å². The molecule has 0 heterocycles. The molecule has 1 aromatic rings. The summed E-state index contributed by atoms with van der Waals surface area (Å²) in [6.07, 6.45) is 1.75. The van der Waals surface area contributed by atoms with E-state index in [0.29, 0.717) is 5.69 Å². The summed E-state index contributed by atoms with van der Waals surface area (Å²) < 4.78 is 0. The average Bonchev–Trinajstić information content (AvgIpc) is 3.10. The van der Waals surface area contributed by atoms with Gasteiger partial charge in [0.25, 0.3) is 0 Å². The normalized spacial score (nSPS) is 14.4. The van der Waals surface area contributed by atoms with Gasteiger partial charge in [0.1, 0.15) is 6.54 Å². The molecule has 0 spiro atoms. The minimum atomic E-state index is -0.987. The summed E-state index contributed by atoms with van der Waals surface area (Å²) in [5.74, 6) is -1.04. The Kier molecular flexibility index (Phi) is 3.13. The maximum absolute atomic E-state index is 12.0. The molecule has 1 aliphatic rings. The zero-order valence-electron chi connectivity index (χ0n) is 9.72. The minimum absolute atomic E-state index is 0.0238. The Balaban J connectivity index is 2.22. The van der Waals surface area contributed by atoms with Crippen molar-refractivity contribution in [1.82, 2.24) is 0 Å². The van der Waals surface area contributed by atoms with Gasteiger partial charge in [0.15, 0.2) is 0 Å². The number of carbonyl (C=O) groups excluding carboxylic acids is 1. The first-order valence-corrected chi connectivity index (χ1v) is 5.68. The number of nitrogens with zero attached hydrogens (tertiary/aromatic N) is 1. The molecule has 0 saturated heterocycles. The fourth-order valence-corrected chi connectivity index (χ4v) is 1.71. The highest BCUT2D eigenvalue weighted by molar-refractivity contribution is 5.99. The number of carbonyl (C=O) groups is 2. The standard InChI is InChI=1S/C13H15NO3/c1-9-2-6-11(7-3-9)14(8-12(15)16)13(17)10-4-5-10/h2-3,6-7,10H,4-5,8H2,1H3,(H,15,16). The maximum atomic E-state index is 12.0. The molecule has 1 saturated carbocycles. The monoisotopic (exact) mass is 233 g/mol. The summed E-state index contributed by atoms with van der Waals surface area (Å²) in [5, 5.41) is 8.86. The molecule has 4 nitrogen and oxygen atoms in total.